The molecule has 0 spiro atoms. The Balaban J connectivity index is 1.57. The molecule has 1 fully saturated rings. The third-order valence-corrected chi connectivity index (χ3v) is 7.26. The Morgan fingerprint density at radius 2 is 1.70 bits per heavy atom. The molecule has 0 aliphatic carbocycles. The van der Waals surface area contributed by atoms with Gasteiger partial charge < -0.3 is 15.4 Å². The van der Waals surface area contributed by atoms with E-state index in [1.165, 1.54) is 35.3 Å². The van der Waals surface area contributed by atoms with E-state index in [9.17, 15) is 22.4 Å². The Kier molecular flexibility index (Phi) is 6.21. The Hall–Kier alpha value is -4.16. The molecular weight excluding hydrogens is 501 g/mol. The summed E-state index contributed by atoms with van der Waals surface area (Å²) in [5.74, 6) is -1.46. The van der Waals surface area contributed by atoms with E-state index >= 15 is 0 Å². The maximum absolute atomic E-state index is 14.6. The van der Waals surface area contributed by atoms with Crippen molar-refractivity contribution in [2.75, 3.05) is 32.6 Å². The van der Waals surface area contributed by atoms with Gasteiger partial charge in [0.2, 0.25) is 11.9 Å². The van der Waals surface area contributed by atoms with E-state index in [1.807, 2.05) is 0 Å². The third-order valence-electron chi connectivity index (χ3n) is 6.13. The summed E-state index contributed by atoms with van der Waals surface area (Å²) in [7, 11) is -3.61. The molecule has 0 saturated carbocycles. The monoisotopic (exact) mass is 523 g/mol. The minimum absolute atomic E-state index is 0.0355. The fourth-order valence-corrected chi connectivity index (χ4v) is 5.09. The highest BCUT2D eigenvalue weighted by Gasteiger charge is 2.23. The summed E-state index contributed by atoms with van der Waals surface area (Å²) in [6.07, 6.45) is 5.28. The van der Waals surface area contributed by atoms with Crippen molar-refractivity contribution in [2.45, 2.75) is 4.90 Å². The lowest BCUT2D eigenvalue weighted by atomic mass is 10.1. The van der Waals surface area contributed by atoms with Crippen LogP contribution in [-0.4, -0.2) is 72.2 Å². The zero-order valence-electron chi connectivity index (χ0n) is 19.7. The van der Waals surface area contributed by atoms with Crippen LogP contribution in [0.3, 0.4) is 0 Å². The fourth-order valence-electron chi connectivity index (χ4n) is 4.23. The summed E-state index contributed by atoms with van der Waals surface area (Å²) in [4.78, 5) is 34.7. The third kappa shape index (κ3) is 4.68. The van der Waals surface area contributed by atoms with E-state index < -0.39 is 21.6 Å². The van der Waals surface area contributed by atoms with Crippen LogP contribution in [0.15, 0.2) is 59.9 Å². The van der Waals surface area contributed by atoms with Crippen molar-refractivity contribution in [3.63, 3.8) is 0 Å². The van der Waals surface area contributed by atoms with Crippen molar-refractivity contribution in [1.29, 1.82) is 0 Å². The number of nitrogens with two attached hydrogens (primary N) is 1. The summed E-state index contributed by atoms with van der Waals surface area (Å²) in [6.45, 7) is 1.84. The largest absolute Gasteiger partial charge is 0.378 e. The Morgan fingerprint density at radius 3 is 2.32 bits per heavy atom. The number of morpholine rings is 1. The van der Waals surface area contributed by atoms with Crippen LogP contribution in [0.5, 0.6) is 0 Å². The van der Waals surface area contributed by atoms with Gasteiger partial charge in [-0.25, -0.2) is 22.8 Å². The van der Waals surface area contributed by atoms with Crippen LogP contribution >= 0.6 is 0 Å². The van der Waals surface area contributed by atoms with Gasteiger partial charge in [0, 0.05) is 65.6 Å². The van der Waals surface area contributed by atoms with Gasteiger partial charge in [0.25, 0.3) is 5.91 Å². The molecule has 2 aromatic heterocycles. The van der Waals surface area contributed by atoms with Crippen LogP contribution in [0.2, 0.25) is 0 Å². The molecular formula is C25H22FN5O5S. The van der Waals surface area contributed by atoms with E-state index in [1.54, 1.807) is 23.1 Å². The number of carbonyl (C=O) groups excluding carboxylic acids is 2. The van der Waals surface area contributed by atoms with Gasteiger partial charge in [0.1, 0.15) is 5.82 Å². The minimum Gasteiger partial charge on any atom is -0.378 e. The number of aromatic nitrogens is 3. The second kappa shape index (κ2) is 9.37. The number of ether oxygens (including phenoxy) is 1. The summed E-state index contributed by atoms with van der Waals surface area (Å²) in [5, 5.41) is 0.418. The number of carbonyl (C=O) groups is 2. The van der Waals surface area contributed by atoms with E-state index in [2.05, 4.69) is 9.97 Å². The fraction of sp³-hybridized carbons (Fsp3) is 0.200. The second-order valence-corrected chi connectivity index (χ2v) is 10.6. The normalized spacial score (nSPS) is 14.2. The highest BCUT2D eigenvalue weighted by molar-refractivity contribution is 7.91. The first-order valence-electron chi connectivity index (χ1n) is 11.3. The number of rotatable bonds is 5. The number of amides is 2. The van der Waals surface area contributed by atoms with Gasteiger partial charge in [-0.05, 0) is 24.3 Å². The number of sulfone groups is 1. The summed E-state index contributed by atoms with van der Waals surface area (Å²) in [6, 6.07) is 8.66. The van der Waals surface area contributed by atoms with E-state index in [4.69, 9.17) is 10.5 Å². The topological polar surface area (TPSA) is 137 Å². The van der Waals surface area contributed by atoms with E-state index in [0.717, 1.165) is 12.3 Å². The first-order chi connectivity index (χ1) is 17.6. The number of hydrogen-bond acceptors (Lipinski definition) is 7. The van der Waals surface area contributed by atoms with Gasteiger partial charge in [-0.2, -0.15) is 0 Å². The predicted octanol–water partition coefficient (Wildman–Crippen LogP) is 2.20. The first kappa shape index (κ1) is 24.5. The molecule has 190 valence electrons. The maximum Gasteiger partial charge on any atom is 0.254 e. The molecule has 2 N–H and O–H groups in total. The minimum atomic E-state index is -3.61. The lowest BCUT2D eigenvalue weighted by Crippen LogP contribution is -2.40. The lowest BCUT2D eigenvalue weighted by Gasteiger charge is -2.26. The molecule has 5 rings (SSSR count). The van der Waals surface area contributed by atoms with Crippen LogP contribution in [0.25, 0.3) is 28.0 Å². The SMILES string of the molecule is CS(=O)(=O)c1cn(-c2ncc(-c3ccc(C(N)=O)cc3F)cn2)c2cc(C(=O)N3CCOCC3)ccc12. The second-order valence-electron chi connectivity index (χ2n) is 8.60. The zero-order valence-corrected chi connectivity index (χ0v) is 20.5. The number of primary amides is 1. The summed E-state index contributed by atoms with van der Waals surface area (Å²) < 4.78 is 46.3. The van der Waals surface area contributed by atoms with Crippen LogP contribution < -0.4 is 5.73 Å². The van der Waals surface area contributed by atoms with Crippen molar-refractivity contribution in [1.82, 2.24) is 19.4 Å². The van der Waals surface area contributed by atoms with E-state index in [-0.39, 0.29) is 27.9 Å². The van der Waals surface area contributed by atoms with E-state index in [0.29, 0.717) is 48.3 Å². The van der Waals surface area contributed by atoms with Gasteiger partial charge in [-0.15, -0.1) is 0 Å². The molecule has 0 atom stereocenters. The standard InChI is InChI=1S/C25H22FN5O5S/c1-37(34,35)22-14-31(21-11-16(3-5-19(21)22)24(33)30-6-8-36-9-7-30)25-28-12-17(13-29-25)18-4-2-15(23(27)32)10-20(18)26/h2-5,10-14H,6-9H2,1H3,(H2,27,32). The molecule has 0 unspecified atom stereocenters. The van der Waals surface area contributed by atoms with Crippen LogP contribution in [0, 0.1) is 5.82 Å². The number of halogens is 1. The van der Waals surface area contributed by atoms with Crippen molar-refractivity contribution < 1.29 is 27.1 Å². The van der Waals surface area contributed by atoms with Crippen molar-refractivity contribution in [3.05, 3.63) is 71.9 Å². The average molecular weight is 524 g/mol. The van der Waals surface area contributed by atoms with Gasteiger partial charge >= 0.3 is 0 Å². The highest BCUT2D eigenvalue weighted by atomic mass is 32.2. The molecule has 2 amide bonds. The summed E-state index contributed by atoms with van der Waals surface area (Å²) >= 11 is 0. The zero-order chi connectivity index (χ0) is 26.3. The molecule has 12 heteroatoms. The molecule has 37 heavy (non-hydrogen) atoms. The quantitative estimate of drug-likeness (QED) is 0.423. The smallest absolute Gasteiger partial charge is 0.254 e. The maximum atomic E-state index is 14.6. The Bertz CT molecular complexity index is 1640. The van der Waals surface area contributed by atoms with Gasteiger partial charge in [-0.3, -0.25) is 14.2 Å². The first-order valence-corrected chi connectivity index (χ1v) is 13.2. The molecule has 0 radical (unpaired) electrons. The Labute approximate surface area is 211 Å². The Morgan fingerprint density at radius 1 is 1.03 bits per heavy atom. The molecule has 4 aromatic rings. The molecule has 3 heterocycles. The molecule has 1 aliphatic rings. The number of fused-ring (bicyclic) bond motifs is 1. The average Bonchev–Trinajstić information content (AvgIpc) is 3.28. The highest BCUT2D eigenvalue weighted by Crippen LogP contribution is 2.29. The molecule has 0 bridgehead atoms. The van der Waals surface area contributed by atoms with Gasteiger partial charge in [0.05, 0.1) is 23.6 Å². The number of nitrogens with zero attached hydrogens (tertiary/aromatic N) is 4. The van der Waals surface area contributed by atoms with Gasteiger partial charge in [0.15, 0.2) is 9.84 Å². The van der Waals surface area contributed by atoms with Crippen LogP contribution in [0.4, 0.5) is 4.39 Å². The van der Waals surface area contributed by atoms with Gasteiger partial charge in [-0.1, -0.05) is 12.1 Å². The lowest BCUT2D eigenvalue weighted by molar-refractivity contribution is 0.0303. The molecule has 1 aliphatic heterocycles. The predicted molar refractivity (Wildman–Crippen MR) is 133 cm³/mol. The van der Waals surface area contributed by atoms with Crippen LogP contribution in [-0.2, 0) is 14.6 Å². The molecule has 2 aromatic carbocycles. The molecule has 10 nitrogen and oxygen atoms in total. The number of hydrogen-bond donors (Lipinski definition) is 1. The van der Waals surface area contributed by atoms with Crippen molar-refractivity contribution >= 4 is 32.6 Å². The van der Waals surface area contributed by atoms with Crippen molar-refractivity contribution in [2.24, 2.45) is 5.73 Å². The van der Waals surface area contributed by atoms with Crippen molar-refractivity contribution in [3.8, 4) is 17.1 Å². The molecule has 1 saturated heterocycles. The summed E-state index contributed by atoms with van der Waals surface area (Å²) in [5.41, 5.74) is 6.58. The number of benzene rings is 2. The van der Waals surface area contributed by atoms with Crippen LogP contribution in [0.1, 0.15) is 20.7 Å².